The maximum atomic E-state index is 12.8. The van der Waals surface area contributed by atoms with E-state index < -0.39 is 26.6 Å². The molecule has 0 amide bonds. The number of hydrogen-bond donors (Lipinski definition) is 0. The van der Waals surface area contributed by atoms with Crippen LogP contribution >= 0.6 is 0 Å². The number of carbonyl (C=O) groups is 1. The molecule has 1 heterocycles. The highest BCUT2D eigenvalue weighted by molar-refractivity contribution is 7.92. The molecule has 1 saturated carbocycles. The standard InChI is InChI=1S/C16H16O4S/c1-10-7-12-14(8-13(10)16(9-20-16)15(12)17)21(18,19)11-5-3-2-4-6-11/h2-7,12-14H,8-9H2,1H3. The smallest absolute Gasteiger partial charge is 0.182 e. The van der Waals surface area contributed by atoms with Crippen LogP contribution in [0.4, 0.5) is 0 Å². The Morgan fingerprint density at radius 2 is 1.90 bits per heavy atom. The number of epoxide rings is 1. The van der Waals surface area contributed by atoms with Crippen LogP contribution < -0.4 is 0 Å². The van der Waals surface area contributed by atoms with Crippen molar-refractivity contribution in [3.05, 3.63) is 42.0 Å². The first-order valence-corrected chi connectivity index (χ1v) is 8.67. The number of hydrogen-bond acceptors (Lipinski definition) is 4. The fourth-order valence-corrected chi connectivity index (χ4v) is 5.77. The second-order valence-electron chi connectivity index (χ2n) is 6.16. The highest BCUT2D eigenvalue weighted by Gasteiger charge is 2.67. The summed E-state index contributed by atoms with van der Waals surface area (Å²) in [5.74, 6) is -0.699. The molecule has 1 saturated heterocycles. The summed E-state index contributed by atoms with van der Waals surface area (Å²) < 4.78 is 31.1. The molecule has 3 aliphatic carbocycles. The van der Waals surface area contributed by atoms with Crippen LogP contribution in [0.15, 0.2) is 46.9 Å². The summed E-state index contributed by atoms with van der Waals surface area (Å²) >= 11 is 0. The Labute approximate surface area is 123 Å². The Kier molecular flexibility index (Phi) is 2.55. The van der Waals surface area contributed by atoms with Crippen molar-refractivity contribution in [2.45, 2.75) is 29.1 Å². The molecule has 5 rings (SSSR count). The van der Waals surface area contributed by atoms with E-state index in [9.17, 15) is 13.2 Å². The van der Waals surface area contributed by atoms with E-state index in [1.165, 1.54) is 0 Å². The van der Waals surface area contributed by atoms with Gasteiger partial charge in [-0.25, -0.2) is 8.42 Å². The Hall–Kier alpha value is -1.46. The third-order valence-electron chi connectivity index (χ3n) is 5.07. The minimum atomic E-state index is -3.49. The van der Waals surface area contributed by atoms with E-state index in [1.807, 2.05) is 13.0 Å². The molecule has 2 fully saturated rings. The lowest BCUT2D eigenvalue weighted by Crippen LogP contribution is -2.55. The van der Waals surface area contributed by atoms with Gasteiger partial charge in [0.05, 0.1) is 22.7 Å². The molecule has 1 aliphatic heterocycles. The van der Waals surface area contributed by atoms with Crippen molar-refractivity contribution in [2.24, 2.45) is 11.8 Å². The van der Waals surface area contributed by atoms with Crippen LogP contribution in [0, 0.1) is 11.8 Å². The zero-order valence-electron chi connectivity index (χ0n) is 11.7. The summed E-state index contributed by atoms with van der Waals surface area (Å²) in [4.78, 5) is 12.9. The number of allylic oxidation sites excluding steroid dienone is 1. The first-order chi connectivity index (χ1) is 9.97. The number of carbonyl (C=O) groups excluding carboxylic acids is 1. The van der Waals surface area contributed by atoms with E-state index in [0.717, 1.165) is 5.57 Å². The van der Waals surface area contributed by atoms with Gasteiger partial charge in [-0.15, -0.1) is 0 Å². The maximum absolute atomic E-state index is 12.8. The Bertz CT molecular complexity index is 744. The number of fused-ring (bicyclic) bond motifs is 1. The lowest BCUT2D eigenvalue weighted by Gasteiger charge is -2.42. The number of ether oxygens (including phenoxy) is 1. The monoisotopic (exact) mass is 304 g/mol. The van der Waals surface area contributed by atoms with E-state index in [-0.39, 0.29) is 11.7 Å². The van der Waals surface area contributed by atoms with Gasteiger partial charge < -0.3 is 4.74 Å². The number of Topliss-reactive ketones (excluding diaryl/α,β-unsaturated/α-hetero) is 1. The topological polar surface area (TPSA) is 63.7 Å². The molecule has 4 unspecified atom stereocenters. The molecule has 0 N–H and O–H groups in total. The molecule has 4 aliphatic rings. The number of sulfone groups is 1. The predicted octanol–water partition coefficient (Wildman–Crippen LogP) is 1.76. The minimum Gasteiger partial charge on any atom is -0.361 e. The SMILES string of the molecule is CC1=CC2C(=O)C3(CO3)C1CC2S(=O)(=O)c1ccccc1. The first kappa shape index (κ1) is 13.2. The fraction of sp³-hybridized carbons (Fsp3) is 0.438. The third kappa shape index (κ3) is 1.64. The van der Waals surface area contributed by atoms with Gasteiger partial charge in [0.2, 0.25) is 0 Å². The van der Waals surface area contributed by atoms with Crippen LogP contribution in [-0.2, 0) is 19.4 Å². The normalized spacial score (nSPS) is 37.7. The van der Waals surface area contributed by atoms with E-state index in [4.69, 9.17) is 4.74 Å². The molecule has 110 valence electrons. The summed E-state index contributed by atoms with van der Waals surface area (Å²) in [7, 11) is -3.49. The molecule has 5 heteroatoms. The van der Waals surface area contributed by atoms with Crippen LogP contribution in [0.5, 0.6) is 0 Å². The van der Waals surface area contributed by atoms with Gasteiger partial charge in [0.1, 0.15) is 0 Å². The van der Waals surface area contributed by atoms with Crippen molar-refractivity contribution in [2.75, 3.05) is 6.61 Å². The number of rotatable bonds is 2. The molecular formula is C16H16O4S. The second kappa shape index (κ2) is 4.05. The first-order valence-electron chi connectivity index (χ1n) is 7.12. The van der Waals surface area contributed by atoms with E-state index >= 15 is 0 Å². The van der Waals surface area contributed by atoms with Gasteiger partial charge in [0.25, 0.3) is 0 Å². The van der Waals surface area contributed by atoms with Gasteiger partial charge >= 0.3 is 0 Å². The molecule has 1 aromatic carbocycles. The zero-order valence-corrected chi connectivity index (χ0v) is 12.5. The highest BCUT2D eigenvalue weighted by Crippen LogP contribution is 2.54. The molecule has 4 nitrogen and oxygen atoms in total. The molecule has 2 bridgehead atoms. The second-order valence-corrected chi connectivity index (χ2v) is 8.33. The third-order valence-corrected chi connectivity index (χ3v) is 7.28. The van der Waals surface area contributed by atoms with Gasteiger partial charge in [0, 0.05) is 5.92 Å². The zero-order chi connectivity index (χ0) is 14.8. The van der Waals surface area contributed by atoms with Crippen molar-refractivity contribution < 1.29 is 17.9 Å². The number of ketones is 1. The van der Waals surface area contributed by atoms with Crippen molar-refractivity contribution in [1.29, 1.82) is 0 Å². The lowest BCUT2D eigenvalue weighted by molar-refractivity contribution is -0.131. The molecule has 1 aromatic rings. The van der Waals surface area contributed by atoms with Crippen LogP contribution in [-0.4, -0.2) is 31.7 Å². The maximum Gasteiger partial charge on any atom is 0.182 e. The Balaban J connectivity index is 1.78. The molecular weight excluding hydrogens is 288 g/mol. The summed E-state index contributed by atoms with van der Waals surface area (Å²) in [5.41, 5.74) is 0.392. The molecule has 1 spiro atoms. The van der Waals surface area contributed by atoms with Crippen molar-refractivity contribution in [3.8, 4) is 0 Å². The van der Waals surface area contributed by atoms with Gasteiger partial charge in [-0.1, -0.05) is 29.8 Å². The van der Waals surface area contributed by atoms with E-state index in [0.29, 0.717) is 17.9 Å². The predicted molar refractivity (Wildman–Crippen MR) is 76.5 cm³/mol. The quantitative estimate of drug-likeness (QED) is 0.617. The molecule has 0 aromatic heterocycles. The van der Waals surface area contributed by atoms with Crippen molar-refractivity contribution in [3.63, 3.8) is 0 Å². The number of benzene rings is 1. The van der Waals surface area contributed by atoms with Gasteiger partial charge in [-0.3, -0.25) is 4.79 Å². The van der Waals surface area contributed by atoms with Crippen LogP contribution in [0.25, 0.3) is 0 Å². The average Bonchev–Trinajstić information content (AvgIpc) is 3.26. The van der Waals surface area contributed by atoms with Gasteiger partial charge in [0.15, 0.2) is 21.2 Å². The van der Waals surface area contributed by atoms with E-state index in [2.05, 4.69) is 0 Å². The van der Waals surface area contributed by atoms with E-state index in [1.54, 1.807) is 30.3 Å². The van der Waals surface area contributed by atoms with Gasteiger partial charge in [-0.2, -0.15) is 0 Å². The molecule has 4 atom stereocenters. The highest BCUT2D eigenvalue weighted by atomic mass is 32.2. The molecule has 21 heavy (non-hydrogen) atoms. The van der Waals surface area contributed by atoms with Crippen molar-refractivity contribution in [1.82, 2.24) is 0 Å². The Morgan fingerprint density at radius 3 is 2.52 bits per heavy atom. The van der Waals surface area contributed by atoms with Crippen LogP contribution in [0.1, 0.15) is 13.3 Å². The summed E-state index contributed by atoms with van der Waals surface area (Å²) in [6, 6.07) is 8.41. The van der Waals surface area contributed by atoms with Crippen LogP contribution in [0.2, 0.25) is 0 Å². The van der Waals surface area contributed by atoms with Crippen molar-refractivity contribution >= 4 is 15.6 Å². The summed E-state index contributed by atoms with van der Waals surface area (Å²) in [6.45, 7) is 2.41. The lowest BCUT2D eigenvalue weighted by atomic mass is 9.64. The fourth-order valence-electron chi connectivity index (χ4n) is 3.85. The minimum absolute atomic E-state index is 0.0474. The van der Waals surface area contributed by atoms with Crippen LogP contribution in [0.3, 0.4) is 0 Å². The largest absolute Gasteiger partial charge is 0.361 e. The average molecular weight is 304 g/mol. The van der Waals surface area contributed by atoms with Gasteiger partial charge in [-0.05, 0) is 25.5 Å². The Morgan fingerprint density at radius 1 is 1.24 bits per heavy atom. The molecule has 0 radical (unpaired) electrons. The summed E-state index contributed by atoms with van der Waals surface area (Å²) in [6.07, 6.45) is 2.32. The summed E-state index contributed by atoms with van der Waals surface area (Å²) in [5, 5.41) is -0.657.